The van der Waals surface area contributed by atoms with Crippen LogP contribution < -0.4 is 4.90 Å². The normalized spacial score (nSPS) is 20.4. The zero-order valence-electron chi connectivity index (χ0n) is 15.5. The van der Waals surface area contributed by atoms with Crippen LogP contribution in [0.5, 0.6) is 0 Å². The summed E-state index contributed by atoms with van der Waals surface area (Å²) >= 11 is 0. The van der Waals surface area contributed by atoms with Gasteiger partial charge in [-0.15, -0.1) is 0 Å². The lowest BCUT2D eigenvalue weighted by atomic mass is 9.93. The molecule has 3 rings (SSSR count). The van der Waals surface area contributed by atoms with Crippen molar-refractivity contribution >= 4 is 11.3 Å². The molecule has 0 amide bonds. The molecule has 2 nitrogen and oxygen atoms in total. The van der Waals surface area contributed by atoms with Gasteiger partial charge >= 0.3 is 0 Å². The molecule has 1 heterocycles. The molecule has 0 aromatic heterocycles. The van der Waals surface area contributed by atoms with Crippen molar-refractivity contribution in [3.63, 3.8) is 0 Å². The van der Waals surface area contributed by atoms with E-state index in [1.165, 1.54) is 95.3 Å². The van der Waals surface area contributed by atoms with Gasteiger partial charge in [-0.05, 0) is 50.3 Å². The molecule has 0 bridgehead atoms. The van der Waals surface area contributed by atoms with Gasteiger partial charge in [0.15, 0.2) is 0 Å². The average molecular weight is 327 g/mol. The van der Waals surface area contributed by atoms with Crippen LogP contribution in [0.2, 0.25) is 0 Å². The molecule has 0 radical (unpaired) electrons. The van der Waals surface area contributed by atoms with Crippen molar-refractivity contribution in [3.05, 3.63) is 35.9 Å². The number of allylic oxidation sites excluding steroid dienone is 2. The van der Waals surface area contributed by atoms with Crippen LogP contribution >= 0.6 is 0 Å². The Hall–Kier alpha value is -1.28. The van der Waals surface area contributed by atoms with E-state index in [-0.39, 0.29) is 0 Å². The van der Waals surface area contributed by atoms with E-state index in [0.29, 0.717) is 0 Å². The molecule has 1 aromatic carbocycles. The van der Waals surface area contributed by atoms with E-state index >= 15 is 0 Å². The Labute approximate surface area is 148 Å². The fraction of sp³-hybridized carbons (Fsp3) is 0.636. The Morgan fingerprint density at radius 1 is 0.917 bits per heavy atom. The van der Waals surface area contributed by atoms with Crippen LogP contribution in [0, 0.1) is 0 Å². The summed E-state index contributed by atoms with van der Waals surface area (Å²) in [4.78, 5) is 5.26. The van der Waals surface area contributed by atoms with Crippen LogP contribution in [0.4, 0.5) is 5.69 Å². The van der Waals surface area contributed by atoms with Gasteiger partial charge in [0.1, 0.15) is 0 Å². The zero-order chi connectivity index (χ0) is 16.6. The van der Waals surface area contributed by atoms with Crippen molar-refractivity contribution in [2.45, 2.75) is 58.3 Å². The number of nitrogens with zero attached hydrogens (tertiary/aromatic N) is 2. The molecule has 1 fully saturated rings. The minimum absolute atomic E-state index is 1.17. The molecule has 1 aliphatic carbocycles. The summed E-state index contributed by atoms with van der Waals surface area (Å²) in [6, 6.07) is 9.13. The highest BCUT2D eigenvalue weighted by molar-refractivity contribution is 5.77. The summed E-state index contributed by atoms with van der Waals surface area (Å²) < 4.78 is 0. The number of rotatable bonds is 5. The predicted molar refractivity (Wildman–Crippen MR) is 106 cm³/mol. The van der Waals surface area contributed by atoms with E-state index in [2.05, 4.69) is 47.1 Å². The Morgan fingerprint density at radius 3 is 2.54 bits per heavy atom. The summed E-state index contributed by atoms with van der Waals surface area (Å²) in [6.07, 6.45) is 13.2. The van der Waals surface area contributed by atoms with Gasteiger partial charge in [0.2, 0.25) is 0 Å². The lowest BCUT2D eigenvalue weighted by Crippen LogP contribution is -2.46. The summed E-state index contributed by atoms with van der Waals surface area (Å²) in [5.74, 6) is 0. The highest BCUT2D eigenvalue weighted by Crippen LogP contribution is 2.33. The maximum Gasteiger partial charge on any atom is 0.0443 e. The summed E-state index contributed by atoms with van der Waals surface area (Å²) in [5.41, 5.74) is 4.57. The minimum Gasteiger partial charge on any atom is -0.368 e. The number of unbranched alkanes of at least 4 members (excludes halogenated alkanes) is 1. The highest BCUT2D eigenvalue weighted by Gasteiger charge is 2.19. The third kappa shape index (κ3) is 4.63. The third-order valence-corrected chi connectivity index (χ3v) is 5.58. The van der Waals surface area contributed by atoms with Crippen LogP contribution in [0.1, 0.15) is 63.9 Å². The molecule has 0 unspecified atom stereocenters. The monoisotopic (exact) mass is 326 g/mol. The van der Waals surface area contributed by atoms with Crippen LogP contribution in [-0.4, -0.2) is 37.6 Å². The van der Waals surface area contributed by atoms with Gasteiger partial charge in [0, 0.05) is 37.4 Å². The zero-order valence-corrected chi connectivity index (χ0v) is 15.5. The van der Waals surface area contributed by atoms with Crippen LogP contribution in [0.3, 0.4) is 0 Å². The first-order valence-corrected chi connectivity index (χ1v) is 10.1. The van der Waals surface area contributed by atoms with Gasteiger partial charge < -0.3 is 4.90 Å². The van der Waals surface area contributed by atoms with E-state index in [4.69, 9.17) is 0 Å². The largest absolute Gasteiger partial charge is 0.368 e. The second-order valence-electron chi connectivity index (χ2n) is 7.38. The minimum atomic E-state index is 1.17. The second kappa shape index (κ2) is 9.27. The van der Waals surface area contributed by atoms with Gasteiger partial charge in [-0.1, -0.05) is 50.5 Å². The molecule has 1 aromatic rings. The molecule has 132 valence electrons. The SMILES string of the molecule is CCCCN1CCN(c2ccccc2C2=CCCCCCC2)CC1. The van der Waals surface area contributed by atoms with Gasteiger partial charge in [0.05, 0.1) is 0 Å². The Morgan fingerprint density at radius 2 is 1.71 bits per heavy atom. The second-order valence-corrected chi connectivity index (χ2v) is 7.38. The first-order valence-electron chi connectivity index (χ1n) is 10.1. The quantitative estimate of drug-likeness (QED) is 0.720. The molecule has 0 atom stereocenters. The van der Waals surface area contributed by atoms with E-state index in [9.17, 15) is 0 Å². The first-order chi connectivity index (χ1) is 11.9. The molecular formula is C22H34N2. The molecule has 0 N–H and O–H groups in total. The van der Waals surface area contributed by atoms with Gasteiger partial charge in [-0.3, -0.25) is 4.90 Å². The van der Waals surface area contributed by atoms with Crippen molar-refractivity contribution in [1.82, 2.24) is 4.90 Å². The molecule has 1 saturated heterocycles. The Bertz CT molecular complexity index is 527. The van der Waals surface area contributed by atoms with Crippen molar-refractivity contribution < 1.29 is 0 Å². The number of benzene rings is 1. The highest BCUT2D eigenvalue weighted by atomic mass is 15.3. The van der Waals surface area contributed by atoms with E-state index in [1.54, 1.807) is 5.57 Å². The number of anilines is 1. The molecule has 0 saturated carbocycles. The summed E-state index contributed by atoms with van der Waals surface area (Å²) in [5, 5.41) is 0. The van der Waals surface area contributed by atoms with E-state index in [1.807, 2.05) is 0 Å². The standard InChI is InChI=1S/C22H34N2/c1-2-3-15-23-16-18-24(19-17-23)22-14-10-9-13-21(22)20-11-7-5-4-6-8-12-20/h9-11,13-14H,2-8,12,15-19H2,1H3. The van der Waals surface area contributed by atoms with Crippen molar-refractivity contribution in [2.75, 3.05) is 37.6 Å². The van der Waals surface area contributed by atoms with Gasteiger partial charge in [-0.25, -0.2) is 0 Å². The Kier molecular flexibility index (Phi) is 6.77. The summed E-state index contributed by atoms with van der Waals surface area (Å²) in [6.45, 7) is 8.34. The topological polar surface area (TPSA) is 6.48 Å². The number of para-hydroxylation sites is 1. The summed E-state index contributed by atoms with van der Waals surface area (Å²) in [7, 11) is 0. The lowest BCUT2D eigenvalue weighted by Gasteiger charge is -2.37. The fourth-order valence-corrected chi connectivity index (χ4v) is 4.05. The average Bonchev–Trinajstić information content (AvgIpc) is 2.60. The maximum absolute atomic E-state index is 2.64. The molecule has 2 heteroatoms. The molecule has 2 aliphatic rings. The van der Waals surface area contributed by atoms with Crippen LogP contribution in [0.15, 0.2) is 30.3 Å². The predicted octanol–water partition coefficient (Wildman–Crippen LogP) is 5.35. The Balaban J connectivity index is 1.70. The van der Waals surface area contributed by atoms with Crippen molar-refractivity contribution in [3.8, 4) is 0 Å². The van der Waals surface area contributed by atoms with Crippen molar-refractivity contribution in [1.29, 1.82) is 0 Å². The van der Waals surface area contributed by atoms with Gasteiger partial charge in [0.25, 0.3) is 0 Å². The molecule has 1 aliphatic heterocycles. The van der Waals surface area contributed by atoms with E-state index in [0.717, 1.165) is 0 Å². The van der Waals surface area contributed by atoms with Crippen molar-refractivity contribution in [2.24, 2.45) is 0 Å². The number of piperazine rings is 1. The third-order valence-electron chi connectivity index (χ3n) is 5.58. The molecular weight excluding hydrogens is 292 g/mol. The molecule has 24 heavy (non-hydrogen) atoms. The lowest BCUT2D eigenvalue weighted by molar-refractivity contribution is 0.254. The van der Waals surface area contributed by atoms with Crippen LogP contribution in [0.25, 0.3) is 5.57 Å². The fourth-order valence-electron chi connectivity index (χ4n) is 4.05. The first kappa shape index (κ1) is 17.5. The molecule has 0 spiro atoms. The van der Waals surface area contributed by atoms with E-state index < -0.39 is 0 Å². The van der Waals surface area contributed by atoms with Crippen LogP contribution in [-0.2, 0) is 0 Å². The van der Waals surface area contributed by atoms with Gasteiger partial charge in [-0.2, -0.15) is 0 Å². The number of hydrogen-bond donors (Lipinski definition) is 0. The number of hydrogen-bond acceptors (Lipinski definition) is 2. The maximum atomic E-state index is 2.64. The smallest absolute Gasteiger partial charge is 0.0443 e.